The van der Waals surface area contributed by atoms with Crippen molar-refractivity contribution in [2.45, 2.75) is 25.5 Å². The molecule has 2 rings (SSSR count). The zero-order valence-electron chi connectivity index (χ0n) is 12.0. The highest BCUT2D eigenvalue weighted by molar-refractivity contribution is 7.99. The van der Waals surface area contributed by atoms with E-state index in [4.69, 9.17) is 4.42 Å². The van der Waals surface area contributed by atoms with Crippen molar-refractivity contribution in [2.24, 2.45) is 0 Å². The van der Waals surface area contributed by atoms with E-state index in [9.17, 15) is 14.9 Å². The van der Waals surface area contributed by atoms with Crippen LogP contribution in [0, 0.1) is 17.0 Å². The van der Waals surface area contributed by atoms with Gasteiger partial charge in [-0.05, 0) is 18.6 Å². The molecule has 0 aliphatic carbocycles. The zero-order chi connectivity index (χ0) is 16.1. The predicted octanol–water partition coefficient (Wildman–Crippen LogP) is 2.58. The molecule has 1 aromatic heterocycles. The number of nitrogens with zero attached hydrogens (tertiary/aromatic N) is 3. The molecular weight excluding hydrogens is 308 g/mol. The molecular formula is C13H14N4O4S. The van der Waals surface area contributed by atoms with Crippen molar-refractivity contribution in [3.63, 3.8) is 0 Å². The van der Waals surface area contributed by atoms with Crippen LogP contribution in [0.5, 0.6) is 0 Å². The summed E-state index contributed by atoms with van der Waals surface area (Å²) in [7, 11) is 0. The second-order valence-electron chi connectivity index (χ2n) is 4.41. The number of nitro groups is 1. The Morgan fingerprint density at radius 1 is 1.45 bits per heavy atom. The standard InChI is InChI=1S/C13H14N4O4S/c1-3-12-15-16-13(21-12)22-7-11(18)14-10-5-4-9(17(19)20)6-8(10)2/h4-6H,3,7H2,1-2H3,(H,14,18). The number of aromatic nitrogens is 2. The fourth-order valence-electron chi connectivity index (χ4n) is 1.65. The maximum absolute atomic E-state index is 11.9. The molecule has 1 aromatic carbocycles. The van der Waals surface area contributed by atoms with Crippen molar-refractivity contribution in [2.75, 3.05) is 11.1 Å². The number of rotatable bonds is 6. The Kier molecular flexibility index (Phi) is 5.10. The van der Waals surface area contributed by atoms with Crippen LogP contribution in [0.1, 0.15) is 18.4 Å². The van der Waals surface area contributed by atoms with E-state index in [0.717, 1.165) is 11.8 Å². The number of amides is 1. The zero-order valence-corrected chi connectivity index (χ0v) is 12.8. The number of hydrogen-bond acceptors (Lipinski definition) is 7. The Morgan fingerprint density at radius 3 is 2.82 bits per heavy atom. The summed E-state index contributed by atoms with van der Waals surface area (Å²) in [5.74, 6) is 0.384. The molecule has 116 valence electrons. The largest absolute Gasteiger partial charge is 0.416 e. The maximum atomic E-state index is 11.9. The quantitative estimate of drug-likeness (QED) is 0.494. The highest BCUT2D eigenvalue weighted by Gasteiger charge is 2.12. The fraction of sp³-hybridized carbons (Fsp3) is 0.308. The SMILES string of the molecule is CCc1nnc(SCC(=O)Nc2ccc([N+](=O)[O-])cc2C)o1. The number of thioether (sulfide) groups is 1. The van der Waals surface area contributed by atoms with Gasteiger partial charge in [0.1, 0.15) is 0 Å². The van der Waals surface area contributed by atoms with Crippen molar-refractivity contribution in [3.8, 4) is 0 Å². The van der Waals surface area contributed by atoms with E-state index in [1.54, 1.807) is 6.92 Å². The second kappa shape index (κ2) is 7.03. The average Bonchev–Trinajstić information content (AvgIpc) is 2.95. The number of benzene rings is 1. The number of hydrogen-bond donors (Lipinski definition) is 1. The topological polar surface area (TPSA) is 111 Å². The normalized spacial score (nSPS) is 10.5. The molecule has 0 spiro atoms. The van der Waals surface area contributed by atoms with E-state index in [-0.39, 0.29) is 17.3 Å². The van der Waals surface area contributed by atoms with Crippen molar-refractivity contribution in [3.05, 3.63) is 39.8 Å². The minimum Gasteiger partial charge on any atom is -0.416 e. The summed E-state index contributed by atoms with van der Waals surface area (Å²) in [5.41, 5.74) is 1.15. The van der Waals surface area contributed by atoms with Gasteiger partial charge in [0.2, 0.25) is 11.8 Å². The van der Waals surface area contributed by atoms with Crippen LogP contribution in [0.3, 0.4) is 0 Å². The van der Waals surface area contributed by atoms with Gasteiger partial charge in [-0.15, -0.1) is 10.2 Å². The van der Waals surface area contributed by atoms with Gasteiger partial charge >= 0.3 is 0 Å². The molecule has 2 aromatic rings. The summed E-state index contributed by atoms with van der Waals surface area (Å²) in [4.78, 5) is 22.1. The summed E-state index contributed by atoms with van der Waals surface area (Å²) in [6.45, 7) is 3.59. The molecule has 1 N–H and O–H groups in total. The molecule has 0 aliphatic rings. The van der Waals surface area contributed by atoms with E-state index >= 15 is 0 Å². The highest BCUT2D eigenvalue weighted by Crippen LogP contribution is 2.22. The van der Waals surface area contributed by atoms with Crippen molar-refractivity contribution in [1.82, 2.24) is 10.2 Å². The smallest absolute Gasteiger partial charge is 0.277 e. The molecule has 9 heteroatoms. The van der Waals surface area contributed by atoms with Gasteiger partial charge in [-0.25, -0.2) is 0 Å². The van der Waals surface area contributed by atoms with Gasteiger partial charge in [0.05, 0.1) is 10.7 Å². The van der Waals surface area contributed by atoms with E-state index < -0.39 is 4.92 Å². The minimum absolute atomic E-state index is 0.0113. The monoisotopic (exact) mass is 322 g/mol. The lowest BCUT2D eigenvalue weighted by molar-refractivity contribution is -0.384. The van der Waals surface area contributed by atoms with Crippen LogP contribution in [0.15, 0.2) is 27.8 Å². The molecule has 22 heavy (non-hydrogen) atoms. The molecule has 0 radical (unpaired) electrons. The van der Waals surface area contributed by atoms with Gasteiger partial charge in [-0.2, -0.15) is 0 Å². The molecule has 1 amide bonds. The van der Waals surface area contributed by atoms with Crippen LogP contribution in [0.25, 0.3) is 0 Å². The molecule has 8 nitrogen and oxygen atoms in total. The first-order chi connectivity index (χ1) is 10.5. The first-order valence-electron chi connectivity index (χ1n) is 6.49. The second-order valence-corrected chi connectivity index (χ2v) is 5.34. The lowest BCUT2D eigenvalue weighted by Crippen LogP contribution is -2.14. The molecule has 0 atom stereocenters. The van der Waals surface area contributed by atoms with Gasteiger partial charge < -0.3 is 9.73 Å². The summed E-state index contributed by atoms with van der Waals surface area (Å²) in [6, 6.07) is 4.27. The van der Waals surface area contributed by atoms with E-state index in [0.29, 0.717) is 28.8 Å². The predicted molar refractivity (Wildman–Crippen MR) is 80.9 cm³/mol. The van der Waals surface area contributed by atoms with Crippen LogP contribution in [-0.2, 0) is 11.2 Å². The van der Waals surface area contributed by atoms with Crippen LogP contribution >= 0.6 is 11.8 Å². The fourth-order valence-corrected chi connectivity index (χ4v) is 2.24. The van der Waals surface area contributed by atoms with E-state index in [1.807, 2.05) is 6.92 Å². The highest BCUT2D eigenvalue weighted by atomic mass is 32.2. The number of nitro benzene ring substituents is 1. The molecule has 1 heterocycles. The van der Waals surface area contributed by atoms with E-state index in [1.165, 1.54) is 18.2 Å². The van der Waals surface area contributed by atoms with Crippen LogP contribution in [0.2, 0.25) is 0 Å². The Bertz CT molecular complexity index is 701. The van der Waals surface area contributed by atoms with Crippen LogP contribution < -0.4 is 5.32 Å². The van der Waals surface area contributed by atoms with Crippen molar-refractivity contribution < 1.29 is 14.1 Å². The maximum Gasteiger partial charge on any atom is 0.277 e. The number of carbonyl (C=O) groups is 1. The number of carbonyl (C=O) groups excluding carboxylic acids is 1. The number of anilines is 1. The van der Waals surface area contributed by atoms with Gasteiger partial charge in [0.15, 0.2) is 0 Å². The summed E-state index contributed by atoms with van der Waals surface area (Å²) >= 11 is 1.14. The third-order valence-electron chi connectivity index (χ3n) is 2.77. The van der Waals surface area contributed by atoms with Gasteiger partial charge in [0, 0.05) is 24.2 Å². The first kappa shape index (κ1) is 16.0. The lowest BCUT2D eigenvalue weighted by atomic mass is 10.2. The Hall–Kier alpha value is -2.42. The van der Waals surface area contributed by atoms with Crippen LogP contribution in [-0.4, -0.2) is 26.8 Å². The Labute approximate surface area is 130 Å². The average molecular weight is 322 g/mol. The molecule has 0 bridgehead atoms. The first-order valence-corrected chi connectivity index (χ1v) is 7.48. The van der Waals surface area contributed by atoms with E-state index in [2.05, 4.69) is 15.5 Å². The van der Waals surface area contributed by atoms with Crippen molar-refractivity contribution >= 4 is 29.0 Å². The van der Waals surface area contributed by atoms with Gasteiger partial charge in [-0.1, -0.05) is 18.7 Å². The number of non-ortho nitro benzene ring substituents is 1. The number of aryl methyl sites for hydroxylation is 2. The van der Waals surface area contributed by atoms with Crippen molar-refractivity contribution in [1.29, 1.82) is 0 Å². The Morgan fingerprint density at radius 2 is 2.23 bits per heavy atom. The molecule has 0 fully saturated rings. The molecule has 0 unspecified atom stereocenters. The van der Waals surface area contributed by atoms with Crippen LogP contribution in [0.4, 0.5) is 11.4 Å². The summed E-state index contributed by atoms with van der Waals surface area (Å²) in [6.07, 6.45) is 0.641. The summed E-state index contributed by atoms with van der Waals surface area (Å²) in [5, 5.41) is 21.3. The number of nitrogens with one attached hydrogen (secondary N) is 1. The van der Waals surface area contributed by atoms with Gasteiger partial charge in [-0.3, -0.25) is 14.9 Å². The lowest BCUT2D eigenvalue weighted by Gasteiger charge is -2.07. The minimum atomic E-state index is -0.477. The molecule has 0 saturated heterocycles. The third kappa shape index (κ3) is 4.04. The Balaban J connectivity index is 1.93. The van der Waals surface area contributed by atoms with Gasteiger partial charge in [0.25, 0.3) is 10.9 Å². The molecule has 0 aliphatic heterocycles. The molecule has 0 saturated carbocycles. The summed E-state index contributed by atoms with van der Waals surface area (Å²) < 4.78 is 5.28. The third-order valence-corrected chi connectivity index (χ3v) is 3.59.